The number of aromatic nitrogens is 1. The van der Waals surface area contributed by atoms with Crippen LogP contribution in [0.1, 0.15) is 28.5 Å². The summed E-state index contributed by atoms with van der Waals surface area (Å²) >= 11 is 0. The molecule has 0 amide bonds. The fraction of sp³-hybridized carbons (Fsp3) is 0.292. The van der Waals surface area contributed by atoms with Crippen molar-refractivity contribution < 1.29 is 29.2 Å². The summed E-state index contributed by atoms with van der Waals surface area (Å²) in [5.41, 5.74) is 4.84. The molecule has 1 aliphatic rings. The number of hydrogen-bond acceptors (Lipinski definition) is 5. The number of benzene rings is 2. The van der Waals surface area contributed by atoms with Gasteiger partial charge in [0.05, 0.1) is 32.1 Å². The van der Waals surface area contributed by atoms with E-state index < -0.39 is 5.97 Å². The van der Waals surface area contributed by atoms with Crippen LogP contribution >= 0.6 is 0 Å². The lowest BCUT2D eigenvalue weighted by Gasteiger charge is -2.23. The number of fused-ring (bicyclic) bond motifs is 3. The highest BCUT2D eigenvalue weighted by Crippen LogP contribution is 2.46. The Labute approximate surface area is 180 Å². The maximum atomic E-state index is 12.5. The second-order valence-electron chi connectivity index (χ2n) is 7.37. The number of aryl methyl sites for hydroxylation is 1. The first-order valence-electron chi connectivity index (χ1n) is 10.1. The molecule has 31 heavy (non-hydrogen) atoms. The molecule has 1 aromatic heterocycles. The number of phenols is 1. The first kappa shape index (κ1) is 20.7. The van der Waals surface area contributed by atoms with E-state index in [2.05, 4.69) is 0 Å². The minimum absolute atomic E-state index is 0.0197. The molecular formula is C24H25NO6. The monoisotopic (exact) mass is 423 g/mol. The number of aromatic carboxylic acids is 1. The van der Waals surface area contributed by atoms with Gasteiger partial charge < -0.3 is 29.0 Å². The van der Waals surface area contributed by atoms with Crippen LogP contribution in [-0.4, -0.2) is 41.6 Å². The maximum absolute atomic E-state index is 12.5. The molecule has 7 nitrogen and oxygen atoms in total. The Balaban J connectivity index is 2.00. The minimum atomic E-state index is -1.01. The van der Waals surface area contributed by atoms with Crippen LogP contribution in [0.4, 0.5) is 0 Å². The van der Waals surface area contributed by atoms with Crippen molar-refractivity contribution in [3.63, 3.8) is 0 Å². The van der Waals surface area contributed by atoms with Gasteiger partial charge in [-0.15, -0.1) is 0 Å². The van der Waals surface area contributed by atoms with Crippen molar-refractivity contribution in [3.8, 4) is 45.4 Å². The maximum Gasteiger partial charge on any atom is 0.338 e. The molecule has 0 unspecified atom stereocenters. The SMILES string of the molecule is CCOc1cc(-c2c(C(=O)O)c3n(c2C)CCc2cc(OC)c(OC)cc2-3)ccc1O. The van der Waals surface area contributed by atoms with E-state index in [9.17, 15) is 15.0 Å². The molecule has 4 rings (SSSR count). The highest BCUT2D eigenvalue weighted by molar-refractivity contribution is 6.04. The smallest absolute Gasteiger partial charge is 0.338 e. The number of ether oxygens (including phenoxy) is 3. The number of methoxy groups -OCH3 is 2. The molecule has 0 atom stereocenters. The Morgan fingerprint density at radius 1 is 1.10 bits per heavy atom. The first-order chi connectivity index (χ1) is 14.9. The highest BCUT2D eigenvalue weighted by atomic mass is 16.5. The largest absolute Gasteiger partial charge is 0.504 e. The van der Waals surface area contributed by atoms with Crippen molar-refractivity contribution in [1.29, 1.82) is 0 Å². The molecule has 0 spiro atoms. The third kappa shape index (κ3) is 3.26. The summed E-state index contributed by atoms with van der Waals surface area (Å²) in [7, 11) is 3.15. The van der Waals surface area contributed by atoms with Crippen molar-refractivity contribution in [1.82, 2.24) is 4.57 Å². The van der Waals surface area contributed by atoms with Gasteiger partial charge in [0.1, 0.15) is 0 Å². The lowest BCUT2D eigenvalue weighted by molar-refractivity contribution is 0.0698. The van der Waals surface area contributed by atoms with Gasteiger partial charge in [0, 0.05) is 23.4 Å². The topological polar surface area (TPSA) is 90.2 Å². The normalized spacial score (nSPS) is 12.1. The van der Waals surface area contributed by atoms with Crippen LogP contribution in [0.2, 0.25) is 0 Å². The predicted molar refractivity (Wildman–Crippen MR) is 117 cm³/mol. The van der Waals surface area contributed by atoms with Crippen LogP contribution in [0, 0.1) is 6.92 Å². The van der Waals surface area contributed by atoms with Crippen molar-refractivity contribution in [2.45, 2.75) is 26.8 Å². The van der Waals surface area contributed by atoms with Crippen molar-refractivity contribution in [3.05, 3.63) is 47.2 Å². The van der Waals surface area contributed by atoms with Crippen LogP contribution in [0.5, 0.6) is 23.0 Å². The third-order valence-corrected chi connectivity index (χ3v) is 5.75. The molecule has 0 aliphatic carbocycles. The number of carbonyl (C=O) groups is 1. The molecule has 2 N–H and O–H groups in total. The van der Waals surface area contributed by atoms with E-state index in [4.69, 9.17) is 14.2 Å². The van der Waals surface area contributed by atoms with E-state index in [-0.39, 0.29) is 11.3 Å². The zero-order valence-electron chi connectivity index (χ0n) is 18.0. The molecule has 2 aromatic carbocycles. The Kier molecular flexibility index (Phi) is 5.27. The molecule has 162 valence electrons. The molecule has 0 radical (unpaired) electrons. The molecule has 2 heterocycles. The molecule has 0 saturated carbocycles. The van der Waals surface area contributed by atoms with E-state index in [1.54, 1.807) is 26.4 Å². The Hall–Kier alpha value is -3.61. The average Bonchev–Trinajstić information content (AvgIpc) is 3.07. The Morgan fingerprint density at radius 2 is 1.81 bits per heavy atom. The van der Waals surface area contributed by atoms with Crippen molar-refractivity contribution in [2.75, 3.05) is 20.8 Å². The van der Waals surface area contributed by atoms with Crippen molar-refractivity contribution >= 4 is 5.97 Å². The molecule has 3 aromatic rings. The summed E-state index contributed by atoms with van der Waals surface area (Å²) in [5, 5.41) is 20.3. The lowest BCUT2D eigenvalue weighted by Crippen LogP contribution is -2.14. The fourth-order valence-electron chi connectivity index (χ4n) is 4.38. The van der Waals surface area contributed by atoms with E-state index >= 15 is 0 Å². The second-order valence-corrected chi connectivity index (χ2v) is 7.37. The van der Waals surface area contributed by atoms with Gasteiger partial charge in [-0.1, -0.05) is 6.07 Å². The number of rotatable bonds is 6. The molecule has 0 bridgehead atoms. The fourth-order valence-corrected chi connectivity index (χ4v) is 4.38. The van der Waals surface area contributed by atoms with Crippen molar-refractivity contribution in [2.24, 2.45) is 0 Å². The summed E-state index contributed by atoms with van der Waals surface area (Å²) in [5.74, 6) is 0.503. The summed E-state index contributed by atoms with van der Waals surface area (Å²) < 4.78 is 18.5. The molecular weight excluding hydrogens is 398 g/mol. The summed E-state index contributed by atoms with van der Waals surface area (Å²) in [6.45, 7) is 4.79. The van der Waals surface area contributed by atoms with Gasteiger partial charge >= 0.3 is 5.97 Å². The number of nitrogens with zero attached hydrogens (tertiary/aromatic N) is 1. The first-order valence-corrected chi connectivity index (χ1v) is 10.1. The Bertz CT molecular complexity index is 1180. The van der Waals surface area contributed by atoms with Crippen LogP contribution in [-0.2, 0) is 13.0 Å². The van der Waals surface area contributed by atoms with Gasteiger partial charge in [-0.25, -0.2) is 4.79 Å². The second kappa shape index (κ2) is 7.91. The zero-order valence-corrected chi connectivity index (χ0v) is 18.0. The van der Waals surface area contributed by atoms with E-state index in [0.717, 1.165) is 23.2 Å². The Morgan fingerprint density at radius 3 is 2.45 bits per heavy atom. The van der Waals surface area contributed by atoms with E-state index in [1.165, 1.54) is 6.07 Å². The molecule has 0 saturated heterocycles. The van der Waals surface area contributed by atoms with Crippen LogP contribution < -0.4 is 14.2 Å². The van der Waals surface area contributed by atoms with Gasteiger partial charge in [-0.05, 0) is 55.7 Å². The summed E-state index contributed by atoms with van der Waals surface area (Å²) in [6.07, 6.45) is 0.747. The van der Waals surface area contributed by atoms with Gasteiger partial charge in [-0.3, -0.25) is 0 Å². The number of phenolic OH excluding ortho intramolecular Hbond substituents is 1. The number of hydrogen-bond donors (Lipinski definition) is 2. The number of aromatic hydroxyl groups is 1. The van der Waals surface area contributed by atoms with Gasteiger partial charge in [-0.2, -0.15) is 0 Å². The van der Waals surface area contributed by atoms with Crippen LogP contribution in [0.25, 0.3) is 22.4 Å². The number of carboxylic acids is 1. The average molecular weight is 423 g/mol. The van der Waals surface area contributed by atoms with E-state index in [1.807, 2.05) is 30.5 Å². The van der Waals surface area contributed by atoms with Gasteiger partial charge in [0.25, 0.3) is 0 Å². The highest BCUT2D eigenvalue weighted by Gasteiger charge is 2.31. The molecule has 1 aliphatic heterocycles. The zero-order chi connectivity index (χ0) is 22.3. The third-order valence-electron chi connectivity index (χ3n) is 5.75. The number of carboxylic acid groups (broad SMARTS) is 1. The van der Waals surface area contributed by atoms with Gasteiger partial charge in [0.2, 0.25) is 0 Å². The quantitative estimate of drug-likeness (QED) is 0.606. The molecule has 0 fully saturated rings. The molecule has 7 heteroatoms. The summed E-state index contributed by atoms with van der Waals surface area (Å²) in [6, 6.07) is 8.70. The summed E-state index contributed by atoms with van der Waals surface area (Å²) in [4.78, 5) is 12.5. The van der Waals surface area contributed by atoms with Crippen LogP contribution in [0.3, 0.4) is 0 Å². The van der Waals surface area contributed by atoms with Gasteiger partial charge in [0.15, 0.2) is 23.0 Å². The standard InChI is InChI=1S/C24H25NO6/c1-5-31-18-11-15(6-7-17(18)26)21-13(2)25-9-8-14-10-19(29-3)20(30-4)12-16(14)23(25)22(21)24(27)28/h6-7,10-12,26H,5,8-9H2,1-4H3,(H,27,28). The predicted octanol–water partition coefficient (Wildman–Crippen LogP) is 4.51. The lowest BCUT2D eigenvalue weighted by atomic mass is 9.93. The van der Waals surface area contributed by atoms with Crippen LogP contribution in [0.15, 0.2) is 30.3 Å². The van der Waals surface area contributed by atoms with E-state index in [0.29, 0.717) is 47.2 Å². The minimum Gasteiger partial charge on any atom is -0.504 e.